The Balaban J connectivity index is 2.94. The Bertz CT molecular complexity index is 448. The van der Waals surface area contributed by atoms with Gasteiger partial charge in [0.15, 0.2) is 5.71 Å². The van der Waals surface area contributed by atoms with Gasteiger partial charge in [0.05, 0.1) is 6.61 Å². The van der Waals surface area contributed by atoms with Crippen LogP contribution in [0.2, 0.25) is 0 Å². The van der Waals surface area contributed by atoms with E-state index in [-0.39, 0.29) is 12.3 Å². The number of allylic oxidation sites excluding steroid dienone is 2. The van der Waals surface area contributed by atoms with E-state index in [2.05, 4.69) is 15.3 Å². The van der Waals surface area contributed by atoms with E-state index >= 15 is 0 Å². The van der Waals surface area contributed by atoms with Crippen LogP contribution < -0.4 is 11.1 Å². The van der Waals surface area contributed by atoms with E-state index in [1.807, 2.05) is 0 Å². The van der Waals surface area contributed by atoms with Crippen molar-refractivity contribution in [3.8, 4) is 0 Å². The molecule has 0 radical (unpaired) electrons. The van der Waals surface area contributed by atoms with Gasteiger partial charge in [-0.05, 0) is 26.0 Å². The van der Waals surface area contributed by atoms with E-state index in [4.69, 9.17) is 15.2 Å². The Kier molecular flexibility index (Phi) is 5.74. The first kappa shape index (κ1) is 14.9. The first-order valence-corrected chi connectivity index (χ1v) is 5.79. The first-order valence-electron chi connectivity index (χ1n) is 5.79. The summed E-state index contributed by atoms with van der Waals surface area (Å²) in [5.41, 5.74) is 6.14. The van der Waals surface area contributed by atoms with Crippen molar-refractivity contribution in [2.24, 2.45) is 15.7 Å². The Labute approximate surface area is 111 Å². The first-order chi connectivity index (χ1) is 9.06. The largest absolute Gasteiger partial charge is 0.461 e. The van der Waals surface area contributed by atoms with Gasteiger partial charge in [0.1, 0.15) is 5.82 Å². The highest BCUT2D eigenvalue weighted by molar-refractivity contribution is 6.41. The molecule has 7 heteroatoms. The number of hydrogen-bond acceptors (Lipinski definition) is 7. The van der Waals surface area contributed by atoms with E-state index in [0.29, 0.717) is 11.5 Å². The van der Waals surface area contributed by atoms with E-state index in [0.717, 1.165) is 0 Å². The lowest BCUT2D eigenvalue weighted by atomic mass is 10.3. The number of carbonyl (C=O) groups is 1. The lowest BCUT2D eigenvalue weighted by Gasteiger charge is -2.17. The van der Waals surface area contributed by atoms with Gasteiger partial charge in [0.25, 0.3) is 0 Å². The second-order valence-corrected chi connectivity index (χ2v) is 3.69. The monoisotopic (exact) mass is 266 g/mol. The van der Waals surface area contributed by atoms with Gasteiger partial charge in [0, 0.05) is 19.0 Å². The van der Waals surface area contributed by atoms with Crippen LogP contribution in [0.25, 0.3) is 0 Å². The summed E-state index contributed by atoms with van der Waals surface area (Å²) < 4.78 is 9.93. The molecule has 0 aromatic carbocycles. The third-order valence-corrected chi connectivity index (χ3v) is 2.04. The van der Waals surface area contributed by atoms with Crippen molar-refractivity contribution in [2.75, 3.05) is 13.7 Å². The van der Waals surface area contributed by atoms with Crippen LogP contribution in [0.15, 0.2) is 33.7 Å². The second-order valence-electron chi connectivity index (χ2n) is 3.69. The third-order valence-electron chi connectivity index (χ3n) is 2.04. The number of nitrogens with zero attached hydrogens (tertiary/aromatic N) is 2. The van der Waals surface area contributed by atoms with E-state index in [9.17, 15) is 4.79 Å². The maximum Gasteiger partial charge on any atom is 0.357 e. The van der Waals surface area contributed by atoms with Crippen LogP contribution >= 0.6 is 0 Å². The maximum absolute atomic E-state index is 11.7. The summed E-state index contributed by atoms with van der Waals surface area (Å²) >= 11 is 0. The van der Waals surface area contributed by atoms with Gasteiger partial charge in [0.2, 0.25) is 6.35 Å². The molecule has 0 fully saturated rings. The van der Waals surface area contributed by atoms with Crippen LogP contribution in [-0.2, 0) is 14.3 Å². The second kappa shape index (κ2) is 7.32. The molecule has 3 N–H and O–H groups in total. The predicted octanol–water partition coefficient (Wildman–Crippen LogP) is 0.298. The third kappa shape index (κ3) is 4.92. The van der Waals surface area contributed by atoms with Gasteiger partial charge < -0.3 is 20.5 Å². The normalized spacial score (nSPS) is 19.7. The topological polar surface area (TPSA) is 98.3 Å². The number of hydrogen-bond donors (Lipinski definition) is 2. The molecular weight excluding hydrogens is 248 g/mol. The van der Waals surface area contributed by atoms with Crippen molar-refractivity contribution >= 4 is 17.9 Å². The van der Waals surface area contributed by atoms with Crippen molar-refractivity contribution < 1.29 is 14.3 Å². The summed E-state index contributed by atoms with van der Waals surface area (Å²) in [7, 11) is 1.51. The molecule has 19 heavy (non-hydrogen) atoms. The lowest BCUT2D eigenvalue weighted by molar-refractivity contribution is -0.134. The molecule has 0 spiro atoms. The minimum Gasteiger partial charge on any atom is -0.461 e. The van der Waals surface area contributed by atoms with Crippen molar-refractivity contribution in [3.63, 3.8) is 0 Å². The van der Waals surface area contributed by atoms with E-state index in [1.54, 1.807) is 26.1 Å². The molecule has 0 aromatic rings. The molecule has 1 heterocycles. The SMILES string of the molecule is CCOC(=O)C(C=C(C)N)=NC1=CC=NC(OC)N1. The molecule has 0 aromatic heterocycles. The zero-order chi connectivity index (χ0) is 14.3. The molecule has 1 aliphatic rings. The Morgan fingerprint density at radius 1 is 1.68 bits per heavy atom. The van der Waals surface area contributed by atoms with Crippen LogP contribution in [-0.4, -0.2) is 38.0 Å². The molecule has 0 amide bonds. The quantitative estimate of drug-likeness (QED) is 0.551. The fraction of sp³-hybridized carbons (Fsp3) is 0.417. The Morgan fingerprint density at radius 3 is 3.00 bits per heavy atom. The van der Waals surface area contributed by atoms with Gasteiger partial charge in [-0.1, -0.05) is 0 Å². The van der Waals surface area contributed by atoms with Gasteiger partial charge in [-0.2, -0.15) is 0 Å². The smallest absolute Gasteiger partial charge is 0.357 e. The molecule has 1 rings (SSSR count). The van der Waals surface area contributed by atoms with Crippen LogP contribution in [0, 0.1) is 0 Å². The summed E-state index contributed by atoms with van der Waals surface area (Å²) in [6, 6.07) is 0. The fourth-order valence-electron chi connectivity index (χ4n) is 1.28. The molecule has 0 aliphatic carbocycles. The van der Waals surface area contributed by atoms with Gasteiger partial charge in [-0.15, -0.1) is 0 Å². The summed E-state index contributed by atoms with van der Waals surface area (Å²) in [6.07, 6.45) is 4.10. The highest BCUT2D eigenvalue weighted by Crippen LogP contribution is 2.04. The minimum absolute atomic E-state index is 0.116. The van der Waals surface area contributed by atoms with Crippen molar-refractivity contribution in [1.29, 1.82) is 0 Å². The van der Waals surface area contributed by atoms with Crippen molar-refractivity contribution in [2.45, 2.75) is 20.2 Å². The summed E-state index contributed by atoms with van der Waals surface area (Å²) in [4.78, 5) is 19.9. The lowest BCUT2D eigenvalue weighted by Crippen LogP contribution is -2.31. The molecule has 0 saturated carbocycles. The van der Waals surface area contributed by atoms with E-state index in [1.165, 1.54) is 13.2 Å². The van der Waals surface area contributed by atoms with Crippen molar-refractivity contribution in [3.05, 3.63) is 23.7 Å². The minimum atomic E-state index is -0.536. The number of ether oxygens (including phenoxy) is 2. The van der Waals surface area contributed by atoms with E-state index < -0.39 is 12.3 Å². The fourth-order valence-corrected chi connectivity index (χ4v) is 1.28. The average Bonchev–Trinajstić information content (AvgIpc) is 2.38. The predicted molar refractivity (Wildman–Crippen MR) is 72.5 cm³/mol. The highest BCUT2D eigenvalue weighted by atomic mass is 16.5. The number of nitrogens with one attached hydrogen (secondary N) is 1. The molecule has 0 saturated heterocycles. The average molecular weight is 266 g/mol. The maximum atomic E-state index is 11.7. The number of aliphatic imine (C=N–C) groups is 2. The van der Waals surface area contributed by atoms with Crippen LogP contribution in [0.5, 0.6) is 0 Å². The Hall–Kier alpha value is -2.15. The molecule has 1 unspecified atom stereocenters. The van der Waals surface area contributed by atoms with Gasteiger partial charge in [-0.25, -0.2) is 14.8 Å². The van der Waals surface area contributed by atoms with Gasteiger partial charge >= 0.3 is 5.97 Å². The summed E-state index contributed by atoms with van der Waals surface area (Å²) in [5, 5.41) is 2.88. The molecule has 1 aliphatic heterocycles. The molecule has 104 valence electrons. The Morgan fingerprint density at radius 2 is 2.42 bits per heavy atom. The number of rotatable bonds is 5. The van der Waals surface area contributed by atoms with Crippen LogP contribution in [0.3, 0.4) is 0 Å². The highest BCUT2D eigenvalue weighted by Gasteiger charge is 2.14. The summed E-state index contributed by atoms with van der Waals surface area (Å²) in [6.45, 7) is 3.65. The molecular formula is C12H18N4O3. The number of carbonyl (C=O) groups excluding carboxylic acids is 1. The zero-order valence-electron chi connectivity index (χ0n) is 11.2. The van der Waals surface area contributed by atoms with Crippen molar-refractivity contribution in [1.82, 2.24) is 5.32 Å². The molecule has 0 bridgehead atoms. The molecule has 1 atom stereocenters. The van der Waals surface area contributed by atoms with Crippen LogP contribution in [0.1, 0.15) is 13.8 Å². The van der Waals surface area contributed by atoms with Crippen LogP contribution in [0.4, 0.5) is 0 Å². The zero-order valence-corrected chi connectivity index (χ0v) is 11.2. The standard InChI is InChI=1S/C12H18N4O3/c1-4-19-11(17)9(7-8(2)13)15-10-5-6-14-12(16-10)18-3/h5-7,12,16H,4,13H2,1-3H3. The van der Waals surface area contributed by atoms with Gasteiger partial charge in [-0.3, -0.25) is 0 Å². The number of methoxy groups -OCH3 is 1. The number of esters is 1. The summed E-state index contributed by atoms with van der Waals surface area (Å²) in [5.74, 6) is -0.0890. The molecule has 7 nitrogen and oxygen atoms in total. The number of nitrogens with two attached hydrogens (primary N) is 1.